The first-order chi connectivity index (χ1) is 28.7. The minimum atomic E-state index is -2.99. The quantitative estimate of drug-likeness (QED) is 0.136. The van der Waals surface area contributed by atoms with Crippen LogP contribution in [0.3, 0.4) is 0 Å². The van der Waals surface area contributed by atoms with Crippen LogP contribution < -0.4 is 10.7 Å². The molecule has 1 unspecified atom stereocenters. The Kier molecular flexibility index (Phi) is 13.1. The van der Waals surface area contributed by atoms with E-state index in [1.54, 1.807) is 24.8 Å². The standard InChI is InChI=1S/C43H52FN7O7S2/c1-7-28-29-12-13-30(34-23-59-35(46-34)21-33(47-41(52)36-24(2)25(36)3)42(53)51-15-9-11-32(49-51)43(54)58-6)37(44)40(29)48-39(28)31-20-27(22-45-38(31)26(4)57-5)10-8-14-50-16-18-60(55,56)19-17-50/h12-13,20,22-26,32-33,36,48-49H,7,9,11,14-19,21H2,1-6H3,(H,47,52)/t24-,25+,26-,32-,33-,36?/m0/s1. The lowest BCUT2D eigenvalue weighted by Gasteiger charge is -2.34. The zero-order chi connectivity index (χ0) is 42.9. The van der Waals surface area contributed by atoms with Crippen molar-refractivity contribution in [1.29, 1.82) is 0 Å². The number of thiazole rings is 1. The lowest BCUT2D eigenvalue weighted by atomic mass is 9.98. The number of benzene rings is 1. The predicted molar refractivity (Wildman–Crippen MR) is 227 cm³/mol. The number of carbonyl (C=O) groups excluding carboxylic acids is 3. The number of aryl methyl sites for hydroxylation is 1. The van der Waals surface area contributed by atoms with Crippen LogP contribution in [0.15, 0.2) is 29.8 Å². The second-order valence-corrected chi connectivity index (χ2v) is 19.2. The molecule has 5 heterocycles. The fraction of sp³-hybridized carbons (Fsp3) is 0.512. The number of hydrazine groups is 1. The van der Waals surface area contributed by atoms with Crippen LogP contribution in [0.5, 0.6) is 0 Å². The number of sulfone groups is 1. The van der Waals surface area contributed by atoms with Gasteiger partial charge in [-0.15, -0.1) is 11.3 Å². The molecule has 6 atom stereocenters. The van der Waals surface area contributed by atoms with E-state index >= 15 is 4.39 Å². The summed E-state index contributed by atoms with van der Waals surface area (Å²) in [4.78, 5) is 54.5. The van der Waals surface area contributed by atoms with Crippen molar-refractivity contribution >= 4 is 49.9 Å². The van der Waals surface area contributed by atoms with Crippen LogP contribution in [0.1, 0.15) is 68.5 Å². The third kappa shape index (κ3) is 9.13. The summed E-state index contributed by atoms with van der Waals surface area (Å²) in [5.74, 6) is 5.27. The number of carbonyl (C=O) groups is 3. The molecular weight excluding hydrogens is 810 g/mol. The van der Waals surface area contributed by atoms with Gasteiger partial charge in [0.15, 0.2) is 15.7 Å². The number of amides is 2. The second-order valence-electron chi connectivity index (χ2n) is 15.9. The minimum absolute atomic E-state index is 0.0783. The highest BCUT2D eigenvalue weighted by molar-refractivity contribution is 7.91. The first-order valence-corrected chi connectivity index (χ1v) is 23.1. The van der Waals surface area contributed by atoms with Crippen molar-refractivity contribution in [2.24, 2.45) is 17.8 Å². The number of esters is 1. The summed E-state index contributed by atoms with van der Waals surface area (Å²) in [6.45, 7) is 9.60. The van der Waals surface area contributed by atoms with Gasteiger partial charge in [0.2, 0.25) is 5.91 Å². The van der Waals surface area contributed by atoms with Gasteiger partial charge in [0.05, 0.1) is 58.9 Å². The second kappa shape index (κ2) is 18.1. The average Bonchev–Trinajstić information content (AvgIpc) is 3.53. The maximum Gasteiger partial charge on any atom is 0.324 e. The molecule has 320 valence electrons. The van der Waals surface area contributed by atoms with Gasteiger partial charge in [-0.1, -0.05) is 38.7 Å². The van der Waals surface area contributed by atoms with Gasteiger partial charge in [0.1, 0.15) is 12.1 Å². The van der Waals surface area contributed by atoms with E-state index in [1.807, 2.05) is 44.7 Å². The number of pyridine rings is 1. The van der Waals surface area contributed by atoms with Crippen molar-refractivity contribution in [1.82, 2.24) is 35.6 Å². The van der Waals surface area contributed by atoms with Crippen molar-refractivity contribution in [3.05, 3.63) is 57.4 Å². The summed E-state index contributed by atoms with van der Waals surface area (Å²) in [7, 11) is -0.0831. The number of halogens is 1. The fourth-order valence-corrected chi connectivity index (χ4v) is 10.3. The zero-order valence-corrected chi connectivity index (χ0v) is 36.4. The number of hydrogen-bond donors (Lipinski definition) is 3. The molecule has 1 aromatic carbocycles. The number of aromatic nitrogens is 3. The van der Waals surface area contributed by atoms with Crippen LogP contribution in [-0.4, -0.2) is 115 Å². The molecule has 3 N–H and O–H groups in total. The molecule has 1 aliphatic carbocycles. The maximum atomic E-state index is 16.8. The highest BCUT2D eigenvalue weighted by atomic mass is 32.2. The van der Waals surface area contributed by atoms with Crippen molar-refractivity contribution < 1.29 is 36.7 Å². The van der Waals surface area contributed by atoms with Gasteiger partial charge >= 0.3 is 5.97 Å². The highest BCUT2D eigenvalue weighted by Gasteiger charge is 2.49. The number of fused-ring (bicyclic) bond motifs is 1. The molecule has 17 heteroatoms. The van der Waals surface area contributed by atoms with Crippen molar-refractivity contribution in [3.8, 4) is 34.4 Å². The van der Waals surface area contributed by atoms with Crippen LogP contribution in [-0.2, 0) is 46.5 Å². The highest BCUT2D eigenvalue weighted by Crippen LogP contribution is 2.45. The molecule has 14 nitrogen and oxygen atoms in total. The van der Waals surface area contributed by atoms with E-state index in [9.17, 15) is 22.8 Å². The van der Waals surface area contributed by atoms with Gasteiger partial charge < -0.3 is 19.8 Å². The Bertz CT molecular complexity index is 2440. The lowest BCUT2D eigenvalue weighted by molar-refractivity contribution is -0.151. The van der Waals surface area contributed by atoms with E-state index in [0.717, 1.165) is 11.1 Å². The molecule has 3 aliphatic rings. The van der Waals surface area contributed by atoms with Crippen molar-refractivity contribution in [3.63, 3.8) is 0 Å². The van der Waals surface area contributed by atoms with E-state index in [0.29, 0.717) is 84.0 Å². The third-order valence-electron chi connectivity index (χ3n) is 12.2. The maximum absolute atomic E-state index is 16.8. The molecule has 3 aromatic heterocycles. The van der Waals surface area contributed by atoms with Gasteiger partial charge in [-0.3, -0.25) is 29.3 Å². The van der Waals surface area contributed by atoms with E-state index in [1.165, 1.54) is 23.5 Å². The molecule has 0 spiro atoms. The monoisotopic (exact) mass is 861 g/mol. The van der Waals surface area contributed by atoms with E-state index in [2.05, 4.69) is 27.6 Å². The van der Waals surface area contributed by atoms with Gasteiger partial charge in [0.25, 0.3) is 5.91 Å². The first kappa shape index (κ1) is 43.4. The summed E-state index contributed by atoms with van der Waals surface area (Å²) in [5.41, 5.74) is 7.62. The average molecular weight is 862 g/mol. The number of aromatic amines is 1. The van der Waals surface area contributed by atoms with Crippen molar-refractivity contribution in [2.75, 3.05) is 51.9 Å². The fourth-order valence-electron chi connectivity index (χ4n) is 8.18. The van der Waals surface area contributed by atoms with Gasteiger partial charge in [-0.05, 0) is 55.7 Å². The zero-order valence-electron chi connectivity index (χ0n) is 34.8. The number of rotatable bonds is 12. The molecule has 2 saturated heterocycles. The van der Waals surface area contributed by atoms with E-state index in [-0.39, 0.29) is 59.2 Å². The Balaban J connectivity index is 1.16. The van der Waals surface area contributed by atoms with Crippen LogP contribution in [0.2, 0.25) is 0 Å². The molecular formula is C43H52FN7O7S2. The first-order valence-electron chi connectivity index (χ1n) is 20.4. The SMILES string of the molecule is CCc1c(-c2cc(C#CCN3CCS(=O)(=O)CC3)cnc2[C@H](C)OC)[nH]c2c(F)c(-c3csc(C[C@H](NC(=O)C4[C@@H](C)[C@H]4C)C(=O)N4CCC[C@@H](C(=O)OC)N4)n3)ccc12. The minimum Gasteiger partial charge on any atom is -0.468 e. The third-order valence-corrected chi connectivity index (χ3v) is 14.6. The number of ether oxygens (including phenoxy) is 2. The smallest absolute Gasteiger partial charge is 0.324 e. The molecule has 3 fully saturated rings. The molecule has 2 amide bonds. The van der Waals surface area contributed by atoms with Crippen LogP contribution in [0.4, 0.5) is 4.39 Å². The number of nitrogens with zero attached hydrogens (tertiary/aromatic N) is 4. The Morgan fingerprint density at radius 3 is 2.55 bits per heavy atom. The molecule has 60 heavy (non-hydrogen) atoms. The molecule has 0 bridgehead atoms. The Hall–Kier alpha value is -4.73. The Morgan fingerprint density at radius 2 is 1.87 bits per heavy atom. The molecule has 0 radical (unpaired) electrons. The summed E-state index contributed by atoms with van der Waals surface area (Å²) in [6.07, 6.45) is 3.08. The molecule has 1 saturated carbocycles. The van der Waals surface area contributed by atoms with Gasteiger partial charge in [-0.25, -0.2) is 23.2 Å². The molecule has 2 aliphatic heterocycles. The lowest BCUT2D eigenvalue weighted by Crippen LogP contribution is -2.60. The largest absolute Gasteiger partial charge is 0.468 e. The summed E-state index contributed by atoms with van der Waals surface area (Å²) in [5, 5.41) is 7.35. The van der Waals surface area contributed by atoms with Crippen LogP contribution in [0, 0.1) is 35.4 Å². The summed E-state index contributed by atoms with van der Waals surface area (Å²) in [6, 6.07) is 3.88. The number of hydrogen-bond acceptors (Lipinski definition) is 12. The van der Waals surface area contributed by atoms with Crippen molar-refractivity contribution in [2.45, 2.75) is 71.6 Å². The summed E-state index contributed by atoms with van der Waals surface area (Å²) < 4.78 is 51.1. The number of H-pyrrole nitrogens is 1. The van der Waals surface area contributed by atoms with Crippen LogP contribution >= 0.6 is 11.3 Å². The van der Waals surface area contributed by atoms with E-state index in [4.69, 9.17) is 19.4 Å². The van der Waals surface area contributed by atoms with Gasteiger partial charge in [0, 0.05) is 72.7 Å². The van der Waals surface area contributed by atoms with Crippen LogP contribution in [0.25, 0.3) is 33.4 Å². The van der Waals surface area contributed by atoms with E-state index < -0.39 is 33.7 Å². The molecule has 4 aromatic rings. The number of methoxy groups -OCH3 is 2. The Morgan fingerprint density at radius 1 is 1.12 bits per heavy atom. The Labute approximate surface area is 353 Å². The number of nitrogens with one attached hydrogen (secondary N) is 3. The van der Waals surface area contributed by atoms with Gasteiger partial charge in [-0.2, -0.15) is 0 Å². The molecule has 7 rings (SSSR count). The summed E-state index contributed by atoms with van der Waals surface area (Å²) >= 11 is 1.28. The predicted octanol–water partition coefficient (Wildman–Crippen LogP) is 4.44. The normalized spacial score (nSPS) is 22.4. The topological polar surface area (TPSA) is 176 Å².